The molecule has 1 saturated heterocycles. The molecule has 4 nitrogen and oxygen atoms in total. The number of rotatable bonds is 6. The zero-order valence-electron chi connectivity index (χ0n) is 14.3. The molecule has 1 aliphatic rings. The van der Waals surface area contributed by atoms with Gasteiger partial charge in [-0.05, 0) is 67.8 Å². The van der Waals surface area contributed by atoms with Gasteiger partial charge in [-0.15, -0.1) is 0 Å². The fraction of sp³-hybridized carbons (Fsp3) is 0.350. The molecular formula is C20H24ClN3O. The molecule has 0 bridgehead atoms. The van der Waals surface area contributed by atoms with Crippen molar-refractivity contribution in [2.24, 2.45) is 0 Å². The van der Waals surface area contributed by atoms with E-state index in [-0.39, 0.29) is 5.91 Å². The van der Waals surface area contributed by atoms with Crippen molar-refractivity contribution in [3.8, 4) is 0 Å². The van der Waals surface area contributed by atoms with Crippen LogP contribution in [0.4, 0.5) is 17.1 Å². The van der Waals surface area contributed by atoms with Crippen LogP contribution in [-0.4, -0.2) is 25.5 Å². The van der Waals surface area contributed by atoms with Gasteiger partial charge in [0, 0.05) is 48.1 Å². The molecule has 1 aliphatic heterocycles. The number of benzene rings is 2. The molecular weight excluding hydrogens is 334 g/mol. The van der Waals surface area contributed by atoms with Crippen molar-refractivity contribution in [2.45, 2.75) is 25.7 Å². The highest BCUT2D eigenvalue weighted by Crippen LogP contribution is 2.21. The van der Waals surface area contributed by atoms with Crippen molar-refractivity contribution in [1.82, 2.24) is 0 Å². The van der Waals surface area contributed by atoms with E-state index in [1.165, 1.54) is 24.9 Å². The molecule has 2 aromatic carbocycles. The highest BCUT2D eigenvalue weighted by Gasteiger charge is 2.10. The molecule has 132 valence electrons. The Hall–Kier alpha value is -2.20. The first-order valence-electron chi connectivity index (χ1n) is 8.85. The molecule has 25 heavy (non-hydrogen) atoms. The monoisotopic (exact) mass is 357 g/mol. The Morgan fingerprint density at radius 2 is 1.56 bits per heavy atom. The van der Waals surface area contributed by atoms with E-state index in [1.807, 2.05) is 0 Å². The number of nitrogens with one attached hydrogen (secondary N) is 2. The third kappa shape index (κ3) is 5.40. The van der Waals surface area contributed by atoms with Gasteiger partial charge in [-0.3, -0.25) is 4.79 Å². The molecule has 0 atom stereocenters. The molecule has 2 aromatic rings. The van der Waals surface area contributed by atoms with Gasteiger partial charge in [0.05, 0.1) is 0 Å². The number of nitrogens with zero attached hydrogens (tertiary/aromatic N) is 1. The molecule has 5 heteroatoms. The van der Waals surface area contributed by atoms with Crippen LogP contribution >= 0.6 is 11.6 Å². The third-order valence-corrected chi connectivity index (χ3v) is 4.65. The summed E-state index contributed by atoms with van der Waals surface area (Å²) in [6.45, 7) is 2.90. The number of halogens is 1. The molecule has 1 fully saturated rings. The van der Waals surface area contributed by atoms with Crippen LogP contribution in [0.1, 0.15) is 25.7 Å². The lowest BCUT2D eigenvalue weighted by atomic mass is 10.1. The lowest BCUT2D eigenvalue weighted by molar-refractivity contribution is -0.115. The Labute approximate surface area is 154 Å². The van der Waals surface area contributed by atoms with E-state index in [1.54, 1.807) is 24.3 Å². The molecule has 0 saturated carbocycles. The fourth-order valence-electron chi connectivity index (χ4n) is 3.02. The molecule has 0 unspecified atom stereocenters. The van der Waals surface area contributed by atoms with Gasteiger partial charge in [0.2, 0.25) is 5.91 Å². The van der Waals surface area contributed by atoms with Crippen LogP contribution in [0.5, 0.6) is 0 Å². The quantitative estimate of drug-likeness (QED) is 0.782. The van der Waals surface area contributed by atoms with Gasteiger partial charge in [-0.2, -0.15) is 0 Å². The second-order valence-electron chi connectivity index (χ2n) is 6.33. The van der Waals surface area contributed by atoms with E-state index in [0.29, 0.717) is 18.0 Å². The number of hydrogen-bond acceptors (Lipinski definition) is 3. The maximum atomic E-state index is 12.0. The smallest absolute Gasteiger partial charge is 0.226 e. The molecule has 3 rings (SSSR count). The maximum absolute atomic E-state index is 12.0. The molecule has 0 radical (unpaired) electrons. The van der Waals surface area contributed by atoms with E-state index in [2.05, 4.69) is 39.8 Å². The minimum atomic E-state index is -0.0141. The Balaban J connectivity index is 1.42. The van der Waals surface area contributed by atoms with Gasteiger partial charge < -0.3 is 15.5 Å². The lowest BCUT2D eigenvalue weighted by Gasteiger charge is -2.28. The number of carbonyl (C=O) groups is 1. The summed E-state index contributed by atoms with van der Waals surface area (Å²) in [6.07, 6.45) is 4.32. The van der Waals surface area contributed by atoms with Crippen LogP contribution in [0.3, 0.4) is 0 Å². The number of anilines is 3. The van der Waals surface area contributed by atoms with E-state index in [9.17, 15) is 4.79 Å². The van der Waals surface area contributed by atoms with Crippen molar-refractivity contribution in [2.75, 3.05) is 35.2 Å². The Morgan fingerprint density at radius 1 is 0.920 bits per heavy atom. The zero-order valence-corrected chi connectivity index (χ0v) is 15.1. The summed E-state index contributed by atoms with van der Waals surface area (Å²) in [6, 6.07) is 15.6. The van der Waals surface area contributed by atoms with Crippen molar-refractivity contribution >= 4 is 34.6 Å². The summed E-state index contributed by atoms with van der Waals surface area (Å²) >= 11 is 5.83. The lowest BCUT2D eigenvalue weighted by Crippen LogP contribution is -2.29. The molecule has 0 aliphatic carbocycles. The zero-order chi connectivity index (χ0) is 17.5. The molecule has 0 spiro atoms. The third-order valence-electron chi connectivity index (χ3n) is 4.40. The normalized spacial score (nSPS) is 14.2. The fourth-order valence-corrected chi connectivity index (χ4v) is 3.15. The first kappa shape index (κ1) is 17.6. The highest BCUT2D eigenvalue weighted by atomic mass is 35.5. The Morgan fingerprint density at radius 3 is 2.24 bits per heavy atom. The summed E-state index contributed by atoms with van der Waals surface area (Å²) < 4.78 is 0. The van der Waals surface area contributed by atoms with E-state index < -0.39 is 0 Å². The topological polar surface area (TPSA) is 44.4 Å². The summed E-state index contributed by atoms with van der Waals surface area (Å²) in [4.78, 5) is 14.4. The number of piperidine rings is 1. The summed E-state index contributed by atoms with van der Waals surface area (Å²) in [5, 5.41) is 6.82. The summed E-state index contributed by atoms with van der Waals surface area (Å²) in [7, 11) is 0. The van der Waals surface area contributed by atoms with Crippen molar-refractivity contribution < 1.29 is 4.79 Å². The average Bonchev–Trinajstić information content (AvgIpc) is 2.65. The van der Waals surface area contributed by atoms with Crippen LogP contribution in [0.25, 0.3) is 0 Å². The van der Waals surface area contributed by atoms with Crippen molar-refractivity contribution in [1.29, 1.82) is 0 Å². The van der Waals surface area contributed by atoms with Crippen LogP contribution in [0.15, 0.2) is 48.5 Å². The predicted octanol–water partition coefficient (Wildman–Crippen LogP) is 4.77. The second-order valence-corrected chi connectivity index (χ2v) is 6.76. The second kappa shape index (κ2) is 8.77. The predicted molar refractivity (Wildman–Crippen MR) is 106 cm³/mol. The minimum absolute atomic E-state index is 0.0141. The number of hydrogen-bond donors (Lipinski definition) is 2. The molecule has 1 amide bonds. The standard InChI is InChI=1S/C20H24ClN3O/c21-16-4-6-18(7-5-16)23-20(25)12-13-22-17-8-10-19(11-9-17)24-14-2-1-3-15-24/h4-11,22H,1-3,12-15H2,(H,23,25). The van der Waals surface area contributed by atoms with Gasteiger partial charge >= 0.3 is 0 Å². The van der Waals surface area contributed by atoms with Gasteiger partial charge in [0.1, 0.15) is 0 Å². The first-order valence-corrected chi connectivity index (χ1v) is 9.23. The largest absolute Gasteiger partial charge is 0.385 e. The highest BCUT2D eigenvalue weighted by molar-refractivity contribution is 6.30. The molecule has 0 aromatic heterocycles. The number of carbonyl (C=O) groups excluding carboxylic acids is 1. The first-order chi connectivity index (χ1) is 12.2. The average molecular weight is 358 g/mol. The van der Waals surface area contributed by atoms with Crippen molar-refractivity contribution in [3.05, 3.63) is 53.6 Å². The van der Waals surface area contributed by atoms with Crippen LogP contribution in [-0.2, 0) is 4.79 Å². The number of amides is 1. The van der Waals surface area contributed by atoms with E-state index in [0.717, 1.165) is 24.5 Å². The van der Waals surface area contributed by atoms with E-state index >= 15 is 0 Å². The van der Waals surface area contributed by atoms with Crippen LogP contribution < -0.4 is 15.5 Å². The van der Waals surface area contributed by atoms with Crippen molar-refractivity contribution in [3.63, 3.8) is 0 Å². The SMILES string of the molecule is O=C(CCNc1ccc(N2CCCCC2)cc1)Nc1ccc(Cl)cc1. The molecule has 2 N–H and O–H groups in total. The summed E-state index contributed by atoms with van der Waals surface area (Å²) in [5.74, 6) is -0.0141. The van der Waals surface area contributed by atoms with Gasteiger partial charge in [-0.25, -0.2) is 0 Å². The van der Waals surface area contributed by atoms with Crippen LogP contribution in [0, 0.1) is 0 Å². The maximum Gasteiger partial charge on any atom is 0.226 e. The van der Waals surface area contributed by atoms with Gasteiger partial charge in [0.25, 0.3) is 0 Å². The minimum Gasteiger partial charge on any atom is -0.385 e. The van der Waals surface area contributed by atoms with Gasteiger partial charge in [-0.1, -0.05) is 11.6 Å². The Kier molecular flexibility index (Phi) is 6.18. The van der Waals surface area contributed by atoms with Crippen LogP contribution in [0.2, 0.25) is 5.02 Å². The summed E-state index contributed by atoms with van der Waals surface area (Å²) in [5.41, 5.74) is 3.09. The van der Waals surface area contributed by atoms with E-state index in [4.69, 9.17) is 11.6 Å². The molecule has 1 heterocycles. The Bertz CT molecular complexity index is 679. The van der Waals surface area contributed by atoms with Gasteiger partial charge in [0.15, 0.2) is 0 Å².